The monoisotopic (exact) mass is 200 g/mol. The molecule has 1 fully saturated rings. The molecule has 0 radical (unpaired) electrons. The maximum Gasteiger partial charge on any atom is 0.320 e. The number of hydrogen-bond acceptors (Lipinski definition) is 3. The summed E-state index contributed by atoms with van der Waals surface area (Å²) < 4.78 is 0. The van der Waals surface area contributed by atoms with E-state index in [1.165, 1.54) is 0 Å². The van der Waals surface area contributed by atoms with Gasteiger partial charge in [0, 0.05) is 12.6 Å². The van der Waals surface area contributed by atoms with Gasteiger partial charge in [0.2, 0.25) is 0 Å². The molecule has 0 aromatic carbocycles. The summed E-state index contributed by atoms with van der Waals surface area (Å²) in [7, 11) is 2.08. The summed E-state index contributed by atoms with van der Waals surface area (Å²) in [4.78, 5) is 13.1. The maximum atomic E-state index is 10.8. The summed E-state index contributed by atoms with van der Waals surface area (Å²) in [5.41, 5.74) is 0. The number of carbonyl (C=O) groups is 1. The van der Waals surface area contributed by atoms with Crippen LogP contribution in [-0.2, 0) is 4.79 Å². The van der Waals surface area contributed by atoms with E-state index in [9.17, 15) is 4.79 Å². The molecule has 0 bridgehead atoms. The molecule has 4 heteroatoms. The molecule has 14 heavy (non-hydrogen) atoms. The van der Waals surface area contributed by atoms with Crippen LogP contribution in [0.15, 0.2) is 0 Å². The molecule has 1 aliphatic rings. The summed E-state index contributed by atoms with van der Waals surface area (Å²) in [6.45, 7) is 3.99. The first-order valence-corrected chi connectivity index (χ1v) is 5.31. The number of rotatable bonds is 4. The Bertz CT molecular complexity index is 197. The van der Waals surface area contributed by atoms with Gasteiger partial charge in [0.15, 0.2) is 0 Å². The van der Waals surface area contributed by atoms with Gasteiger partial charge in [-0.05, 0) is 32.9 Å². The maximum absolute atomic E-state index is 10.8. The van der Waals surface area contributed by atoms with Crippen LogP contribution in [0, 0.1) is 0 Å². The van der Waals surface area contributed by atoms with Crippen molar-refractivity contribution in [3.8, 4) is 0 Å². The Morgan fingerprint density at radius 3 is 2.93 bits per heavy atom. The lowest BCUT2D eigenvalue weighted by Gasteiger charge is -2.32. The van der Waals surface area contributed by atoms with Crippen LogP contribution in [0.25, 0.3) is 0 Å². The largest absolute Gasteiger partial charge is 0.480 e. The molecular formula is C10H20N2O2. The second kappa shape index (κ2) is 5.32. The summed E-state index contributed by atoms with van der Waals surface area (Å²) >= 11 is 0. The Morgan fingerprint density at radius 1 is 1.71 bits per heavy atom. The van der Waals surface area contributed by atoms with Crippen molar-refractivity contribution < 1.29 is 9.90 Å². The van der Waals surface area contributed by atoms with Gasteiger partial charge in [-0.1, -0.05) is 6.92 Å². The fraction of sp³-hybridized carbons (Fsp3) is 0.900. The van der Waals surface area contributed by atoms with E-state index in [-0.39, 0.29) is 6.04 Å². The van der Waals surface area contributed by atoms with Crippen molar-refractivity contribution in [1.82, 2.24) is 10.2 Å². The number of nitrogens with one attached hydrogen (secondary N) is 1. The molecule has 0 aromatic heterocycles. The Balaban J connectivity index is 2.37. The fourth-order valence-corrected chi connectivity index (χ4v) is 1.95. The molecule has 1 heterocycles. The average molecular weight is 200 g/mol. The quantitative estimate of drug-likeness (QED) is 0.695. The lowest BCUT2D eigenvalue weighted by Crippen LogP contribution is -2.50. The molecule has 2 unspecified atom stereocenters. The third-order valence-corrected chi connectivity index (χ3v) is 2.77. The van der Waals surface area contributed by atoms with E-state index in [0.29, 0.717) is 12.5 Å². The van der Waals surface area contributed by atoms with Crippen LogP contribution in [0.3, 0.4) is 0 Å². The average Bonchev–Trinajstić information content (AvgIpc) is 2.14. The van der Waals surface area contributed by atoms with Crippen molar-refractivity contribution in [3.05, 3.63) is 0 Å². The minimum absolute atomic E-state index is 0.342. The molecule has 1 aliphatic heterocycles. The Kier molecular flexibility index (Phi) is 4.35. The Hall–Kier alpha value is -0.610. The molecule has 0 spiro atoms. The van der Waals surface area contributed by atoms with Crippen LogP contribution < -0.4 is 5.32 Å². The standard InChI is InChI=1S/C10H20N2O2/c1-3-9(10(13)14)11-8-5-4-6-12(2)7-8/h8-9,11H,3-7H2,1-2H3,(H,13,14). The molecule has 2 atom stereocenters. The normalized spacial score (nSPS) is 26.0. The molecule has 0 aliphatic carbocycles. The molecule has 0 aromatic rings. The zero-order valence-corrected chi connectivity index (χ0v) is 8.99. The zero-order valence-electron chi connectivity index (χ0n) is 8.99. The van der Waals surface area contributed by atoms with Crippen LogP contribution in [0.4, 0.5) is 0 Å². The highest BCUT2D eigenvalue weighted by molar-refractivity contribution is 5.73. The lowest BCUT2D eigenvalue weighted by atomic mass is 10.0. The minimum atomic E-state index is -0.735. The number of likely N-dealkylation sites (N-methyl/N-ethyl adjacent to an activating group) is 1. The predicted molar refractivity (Wildman–Crippen MR) is 55.4 cm³/mol. The predicted octanol–water partition coefficient (Wildman–Crippen LogP) is 0.533. The highest BCUT2D eigenvalue weighted by Gasteiger charge is 2.22. The van der Waals surface area contributed by atoms with Gasteiger partial charge in [0.05, 0.1) is 0 Å². The number of carboxylic acid groups (broad SMARTS) is 1. The molecule has 1 saturated heterocycles. The number of carboxylic acids is 1. The van der Waals surface area contributed by atoms with Crippen molar-refractivity contribution in [2.45, 2.75) is 38.3 Å². The highest BCUT2D eigenvalue weighted by Crippen LogP contribution is 2.09. The van der Waals surface area contributed by atoms with Crippen LogP contribution in [0.2, 0.25) is 0 Å². The van der Waals surface area contributed by atoms with E-state index in [4.69, 9.17) is 5.11 Å². The molecule has 0 amide bonds. The first-order valence-electron chi connectivity index (χ1n) is 5.31. The Labute approximate surface area is 85.3 Å². The van der Waals surface area contributed by atoms with Gasteiger partial charge in [-0.3, -0.25) is 4.79 Å². The van der Waals surface area contributed by atoms with E-state index in [1.54, 1.807) is 0 Å². The number of hydrogen-bond donors (Lipinski definition) is 2. The van der Waals surface area contributed by atoms with E-state index in [1.807, 2.05) is 6.92 Å². The second-order valence-electron chi connectivity index (χ2n) is 4.07. The van der Waals surface area contributed by atoms with Gasteiger partial charge < -0.3 is 15.3 Å². The third-order valence-electron chi connectivity index (χ3n) is 2.77. The highest BCUT2D eigenvalue weighted by atomic mass is 16.4. The van der Waals surface area contributed by atoms with Crippen molar-refractivity contribution in [1.29, 1.82) is 0 Å². The van der Waals surface area contributed by atoms with Crippen molar-refractivity contribution in [2.24, 2.45) is 0 Å². The van der Waals surface area contributed by atoms with Gasteiger partial charge >= 0.3 is 5.97 Å². The summed E-state index contributed by atoms with van der Waals surface area (Å²) in [5, 5.41) is 12.1. The summed E-state index contributed by atoms with van der Waals surface area (Å²) in [5.74, 6) is -0.735. The van der Waals surface area contributed by atoms with Gasteiger partial charge in [-0.2, -0.15) is 0 Å². The lowest BCUT2D eigenvalue weighted by molar-refractivity contribution is -0.139. The minimum Gasteiger partial charge on any atom is -0.480 e. The summed E-state index contributed by atoms with van der Waals surface area (Å²) in [6, 6.07) is -0.0405. The molecular weight excluding hydrogens is 180 g/mol. The van der Waals surface area contributed by atoms with Crippen LogP contribution in [-0.4, -0.2) is 48.2 Å². The SMILES string of the molecule is CCC(NC1CCCN(C)C1)C(=O)O. The van der Waals surface area contributed by atoms with Crippen LogP contribution in [0.5, 0.6) is 0 Å². The third kappa shape index (κ3) is 3.27. The first kappa shape index (κ1) is 11.5. The summed E-state index contributed by atoms with van der Waals surface area (Å²) in [6.07, 6.45) is 2.90. The number of nitrogens with zero attached hydrogens (tertiary/aromatic N) is 1. The van der Waals surface area contributed by atoms with E-state index >= 15 is 0 Å². The number of likely N-dealkylation sites (tertiary alicyclic amines) is 1. The fourth-order valence-electron chi connectivity index (χ4n) is 1.95. The van der Waals surface area contributed by atoms with Crippen molar-refractivity contribution in [2.75, 3.05) is 20.1 Å². The van der Waals surface area contributed by atoms with E-state index in [0.717, 1.165) is 25.9 Å². The molecule has 0 saturated carbocycles. The molecule has 4 nitrogen and oxygen atoms in total. The molecule has 2 N–H and O–H groups in total. The Morgan fingerprint density at radius 2 is 2.43 bits per heavy atom. The van der Waals surface area contributed by atoms with E-state index < -0.39 is 5.97 Å². The molecule has 1 rings (SSSR count). The van der Waals surface area contributed by atoms with E-state index in [2.05, 4.69) is 17.3 Å². The smallest absolute Gasteiger partial charge is 0.320 e. The van der Waals surface area contributed by atoms with Crippen LogP contribution in [0.1, 0.15) is 26.2 Å². The first-order chi connectivity index (χ1) is 6.63. The molecule has 82 valence electrons. The van der Waals surface area contributed by atoms with Crippen molar-refractivity contribution in [3.63, 3.8) is 0 Å². The zero-order chi connectivity index (χ0) is 10.6. The number of aliphatic carboxylic acids is 1. The number of piperidine rings is 1. The topological polar surface area (TPSA) is 52.6 Å². The van der Waals surface area contributed by atoms with Gasteiger partial charge in [-0.15, -0.1) is 0 Å². The second-order valence-corrected chi connectivity index (χ2v) is 4.07. The van der Waals surface area contributed by atoms with Gasteiger partial charge in [0.1, 0.15) is 6.04 Å². The van der Waals surface area contributed by atoms with Crippen molar-refractivity contribution >= 4 is 5.97 Å². The van der Waals surface area contributed by atoms with Gasteiger partial charge in [0.25, 0.3) is 0 Å². The van der Waals surface area contributed by atoms with Crippen LogP contribution >= 0.6 is 0 Å². The van der Waals surface area contributed by atoms with Gasteiger partial charge in [-0.25, -0.2) is 0 Å².